The number of rotatable bonds is 5. The summed E-state index contributed by atoms with van der Waals surface area (Å²) in [5.41, 5.74) is 1.40. The van der Waals surface area contributed by atoms with E-state index in [-0.39, 0.29) is 6.10 Å². The zero-order valence-electron chi connectivity index (χ0n) is 16.9. The highest BCUT2D eigenvalue weighted by Gasteiger charge is 2.57. The standard InChI is InChI=1S/C22H26O6/c1-21(2)27-20-16-8-7-15(23-3)11-18(16)26-13-22(20,28-21)12-14-6-9-17(24-4)19(10-14)25-5/h6-11,20H,12-13H2,1-5H3/t20-,22+/m0/s1. The van der Waals surface area contributed by atoms with Gasteiger partial charge in [0.1, 0.15) is 29.8 Å². The van der Waals surface area contributed by atoms with E-state index in [1.807, 2.05) is 50.2 Å². The summed E-state index contributed by atoms with van der Waals surface area (Å²) in [6.45, 7) is 4.26. The minimum absolute atomic E-state index is 0.245. The Balaban J connectivity index is 1.72. The fourth-order valence-electron chi connectivity index (χ4n) is 4.11. The smallest absolute Gasteiger partial charge is 0.164 e. The Kier molecular flexibility index (Phi) is 4.63. The van der Waals surface area contributed by atoms with Crippen molar-refractivity contribution in [3.63, 3.8) is 0 Å². The molecular weight excluding hydrogens is 360 g/mol. The summed E-state index contributed by atoms with van der Waals surface area (Å²) in [6, 6.07) is 11.7. The van der Waals surface area contributed by atoms with Crippen LogP contribution in [0.4, 0.5) is 0 Å². The average Bonchev–Trinajstić information content (AvgIpc) is 2.97. The monoisotopic (exact) mass is 386 g/mol. The van der Waals surface area contributed by atoms with Gasteiger partial charge < -0.3 is 28.4 Å². The van der Waals surface area contributed by atoms with Gasteiger partial charge >= 0.3 is 0 Å². The molecule has 0 aliphatic carbocycles. The molecule has 1 fully saturated rings. The largest absolute Gasteiger partial charge is 0.497 e. The van der Waals surface area contributed by atoms with E-state index in [9.17, 15) is 0 Å². The quantitative estimate of drug-likeness (QED) is 0.777. The van der Waals surface area contributed by atoms with E-state index >= 15 is 0 Å². The lowest BCUT2D eigenvalue weighted by Crippen LogP contribution is -2.46. The number of benzene rings is 2. The number of methoxy groups -OCH3 is 3. The molecule has 0 spiro atoms. The van der Waals surface area contributed by atoms with Crippen LogP contribution in [0.25, 0.3) is 0 Å². The van der Waals surface area contributed by atoms with Crippen molar-refractivity contribution in [2.24, 2.45) is 0 Å². The first-order valence-corrected chi connectivity index (χ1v) is 9.29. The maximum Gasteiger partial charge on any atom is 0.164 e. The van der Waals surface area contributed by atoms with Crippen molar-refractivity contribution in [2.45, 2.75) is 37.8 Å². The maximum atomic E-state index is 6.44. The fourth-order valence-corrected chi connectivity index (χ4v) is 4.11. The highest BCUT2D eigenvalue weighted by atomic mass is 16.8. The van der Waals surface area contributed by atoms with Crippen molar-refractivity contribution in [1.29, 1.82) is 0 Å². The molecule has 0 saturated carbocycles. The Morgan fingerprint density at radius 2 is 1.75 bits per heavy atom. The van der Waals surface area contributed by atoms with Crippen LogP contribution in [0.1, 0.15) is 31.1 Å². The van der Waals surface area contributed by atoms with Gasteiger partial charge in [-0.3, -0.25) is 0 Å². The van der Waals surface area contributed by atoms with Gasteiger partial charge in [-0.1, -0.05) is 6.07 Å². The SMILES string of the molecule is COc1ccc2c(c1)OC[C@@]1(Cc3ccc(OC)c(OC)c3)OC(C)(C)O[C@@H]21. The first-order valence-electron chi connectivity index (χ1n) is 9.29. The minimum Gasteiger partial charge on any atom is -0.497 e. The molecule has 2 aromatic carbocycles. The molecule has 2 aliphatic heterocycles. The second-order valence-corrected chi connectivity index (χ2v) is 7.62. The topological polar surface area (TPSA) is 55.4 Å². The van der Waals surface area contributed by atoms with E-state index in [1.165, 1.54) is 0 Å². The van der Waals surface area contributed by atoms with Gasteiger partial charge in [0, 0.05) is 18.1 Å². The van der Waals surface area contributed by atoms with Crippen molar-refractivity contribution in [3.05, 3.63) is 47.5 Å². The molecule has 0 radical (unpaired) electrons. The summed E-state index contributed by atoms with van der Waals surface area (Å²) in [5, 5.41) is 0. The summed E-state index contributed by atoms with van der Waals surface area (Å²) in [4.78, 5) is 0. The Labute approximate surface area is 165 Å². The van der Waals surface area contributed by atoms with Crippen molar-refractivity contribution in [3.8, 4) is 23.0 Å². The lowest BCUT2D eigenvalue weighted by Gasteiger charge is -2.38. The Hall–Kier alpha value is -2.44. The van der Waals surface area contributed by atoms with Gasteiger partial charge in [-0.2, -0.15) is 0 Å². The molecular formula is C22H26O6. The van der Waals surface area contributed by atoms with Crippen molar-refractivity contribution in [1.82, 2.24) is 0 Å². The molecule has 6 nitrogen and oxygen atoms in total. The van der Waals surface area contributed by atoms with E-state index in [0.717, 1.165) is 22.6 Å². The molecule has 2 atom stereocenters. The third-order valence-electron chi connectivity index (χ3n) is 5.26. The molecule has 2 aliphatic rings. The van der Waals surface area contributed by atoms with Crippen LogP contribution in [-0.4, -0.2) is 39.3 Å². The maximum absolute atomic E-state index is 6.44. The summed E-state index contributed by atoms with van der Waals surface area (Å²) in [6.07, 6.45) is 0.373. The van der Waals surface area contributed by atoms with Gasteiger partial charge in [0.15, 0.2) is 17.3 Å². The van der Waals surface area contributed by atoms with E-state index < -0.39 is 11.4 Å². The first kappa shape index (κ1) is 18.9. The van der Waals surface area contributed by atoms with Crippen molar-refractivity contribution < 1.29 is 28.4 Å². The summed E-state index contributed by atoms with van der Waals surface area (Å²) < 4.78 is 35.0. The predicted molar refractivity (Wildman–Crippen MR) is 103 cm³/mol. The molecule has 0 amide bonds. The van der Waals surface area contributed by atoms with Gasteiger partial charge in [-0.05, 0) is 43.7 Å². The molecule has 0 aromatic heterocycles. The zero-order valence-corrected chi connectivity index (χ0v) is 16.9. The summed E-state index contributed by atoms with van der Waals surface area (Å²) >= 11 is 0. The molecule has 0 bridgehead atoms. The van der Waals surface area contributed by atoms with Gasteiger partial charge in [-0.15, -0.1) is 0 Å². The number of ether oxygens (including phenoxy) is 6. The first-order chi connectivity index (χ1) is 13.4. The molecule has 0 unspecified atom stereocenters. The van der Waals surface area contributed by atoms with Crippen molar-refractivity contribution >= 4 is 0 Å². The lowest BCUT2D eigenvalue weighted by atomic mass is 9.84. The van der Waals surface area contributed by atoms with E-state index in [4.69, 9.17) is 28.4 Å². The van der Waals surface area contributed by atoms with E-state index in [2.05, 4.69) is 0 Å². The van der Waals surface area contributed by atoms with Crippen LogP contribution in [0.3, 0.4) is 0 Å². The third-order valence-corrected chi connectivity index (χ3v) is 5.26. The average molecular weight is 386 g/mol. The molecule has 1 saturated heterocycles. The summed E-state index contributed by atoms with van der Waals surface area (Å²) in [7, 11) is 4.90. The van der Waals surface area contributed by atoms with Crippen LogP contribution in [0.2, 0.25) is 0 Å². The number of fused-ring (bicyclic) bond motifs is 3. The zero-order chi connectivity index (χ0) is 19.9. The third kappa shape index (κ3) is 3.16. The van der Waals surface area contributed by atoms with Crippen LogP contribution in [0, 0.1) is 0 Å². The Morgan fingerprint density at radius 3 is 2.46 bits per heavy atom. The number of hydrogen-bond acceptors (Lipinski definition) is 6. The molecule has 6 heteroatoms. The molecule has 28 heavy (non-hydrogen) atoms. The van der Waals surface area contributed by atoms with Crippen LogP contribution >= 0.6 is 0 Å². The molecule has 2 aromatic rings. The fraction of sp³-hybridized carbons (Fsp3) is 0.455. The predicted octanol–water partition coefficient (Wildman–Crippen LogP) is 3.91. The van der Waals surface area contributed by atoms with Crippen LogP contribution in [0.5, 0.6) is 23.0 Å². The lowest BCUT2D eigenvalue weighted by molar-refractivity contribution is -0.167. The van der Waals surface area contributed by atoms with Gasteiger partial charge in [0.25, 0.3) is 0 Å². The minimum atomic E-state index is -0.716. The van der Waals surface area contributed by atoms with Gasteiger partial charge in [-0.25, -0.2) is 0 Å². The van der Waals surface area contributed by atoms with E-state index in [1.54, 1.807) is 21.3 Å². The second kappa shape index (κ2) is 6.87. The highest BCUT2D eigenvalue weighted by Crippen LogP contribution is 2.53. The normalized spacial score (nSPS) is 24.7. The molecule has 4 rings (SSSR count). The van der Waals surface area contributed by atoms with Crippen LogP contribution in [0.15, 0.2) is 36.4 Å². The van der Waals surface area contributed by atoms with Gasteiger partial charge in [0.2, 0.25) is 0 Å². The van der Waals surface area contributed by atoms with Crippen LogP contribution < -0.4 is 18.9 Å². The van der Waals surface area contributed by atoms with Crippen LogP contribution in [-0.2, 0) is 15.9 Å². The Morgan fingerprint density at radius 1 is 0.964 bits per heavy atom. The van der Waals surface area contributed by atoms with Crippen molar-refractivity contribution in [2.75, 3.05) is 27.9 Å². The second-order valence-electron chi connectivity index (χ2n) is 7.62. The van der Waals surface area contributed by atoms with Gasteiger partial charge in [0.05, 0.1) is 21.3 Å². The Bertz CT molecular complexity index is 877. The molecule has 0 N–H and O–H groups in total. The van der Waals surface area contributed by atoms with E-state index in [0.29, 0.717) is 24.5 Å². The molecule has 150 valence electrons. The number of hydrogen-bond donors (Lipinski definition) is 0. The highest BCUT2D eigenvalue weighted by molar-refractivity contribution is 5.47. The molecule has 2 heterocycles. The summed E-state index contributed by atoms with van der Waals surface area (Å²) in [5.74, 6) is 2.19.